The highest BCUT2D eigenvalue weighted by Gasteiger charge is 2.38. The second-order valence-corrected chi connectivity index (χ2v) is 9.23. The van der Waals surface area contributed by atoms with Crippen molar-refractivity contribution < 1.29 is 9.47 Å². The maximum atomic E-state index is 6.14. The molecule has 158 valence electrons. The number of rotatable bonds is 5. The van der Waals surface area contributed by atoms with Crippen LogP contribution in [0.25, 0.3) is 0 Å². The van der Waals surface area contributed by atoms with Crippen molar-refractivity contribution in [2.24, 2.45) is 5.92 Å². The molecule has 0 aromatic heterocycles. The third kappa shape index (κ3) is 3.85. The predicted molar refractivity (Wildman–Crippen MR) is 129 cm³/mol. The van der Waals surface area contributed by atoms with Crippen LogP contribution in [0.15, 0.2) is 77.3 Å². The summed E-state index contributed by atoms with van der Waals surface area (Å²) in [7, 11) is 1.70. The fourth-order valence-corrected chi connectivity index (χ4v) is 5.41. The van der Waals surface area contributed by atoms with Gasteiger partial charge in [-0.2, -0.15) is 0 Å². The summed E-state index contributed by atoms with van der Waals surface area (Å²) in [6.07, 6.45) is 5.77. The SMILES string of the molecule is COc1cc([C@@H]2Nc3ccc(C)cc3[C@@H]3C=CC[C@@H]32)cc(Br)c1OCc1ccccc1. The van der Waals surface area contributed by atoms with Gasteiger partial charge in [0.2, 0.25) is 0 Å². The van der Waals surface area contributed by atoms with E-state index in [1.165, 1.54) is 22.4 Å². The molecular weight excluding hydrogens is 450 g/mol. The molecule has 1 heterocycles. The Morgan fingerprint density at radius 2 is 1.90 bits per heavy atom. The number of hydrogen-bond donors (Lipinski definition) is 1. The van der Waals surface area contributed by atoms with Gasteiger partial charge in [0.05, 0.1) is 17.6 Å². The number of fused-ring (bicyclic) bond motifs is 3. The van der Waals surface area contributed by atoms with Gasteiger partial charge in [-0.3, -0.25) is 0 Å². The first-order chi connectivity index (χ1) is 15.1. The summed E-state index contributed by atoms with van der Waals surface area (Å²) in [5, 5.41) is 3.81. The van der Waals surface area contributed by atoms with Gasteiger partial charge in [-0.05, 0) is 70.1 Å². The van der Waals surface area contributed by atoms with E-state index in [2.05, 4.69) is 82.8 Å². The molecule has 1 N–H and O–H groups in total. The fraction of sp³-hybridized carbons (Fsp3) is 0.259. The molecule has 0 bridgehead atoms. The van der Waals surface area contributed by atoms with E-state index >= 15 is 0 Å². The Bertz CT molecular complexity index is 1130. The van der Waals surface area contributed by atoms with E-state index in [9.17, 15) is 0 Å². The minimum atomic E-state index is 0.212. The molecule has 0 saturated carbocycles. The summed E-state index contributed by atoms with van der Waals surface area (Å²) in [6.45, 7) is 2.66. The lowest BCUT2D eigenvalue weighted by molar-refractivity contribution is 0.282. The van der Waals surface area contributed by atoms with Crippen molar-refractivity contribution in [1.29, 1.82) is 0 Å². The number of halogens is 1. The first-order valence-electron chi connectivity index (χ1n) is 10.7. The molecule has 0 saturated heterocycles. The molecule has 1 aliphatic carbocycles. The van der Waals surface area contributed by atoms with Crippen LogP contribution in [0.4, 0.5) is 5.69 Å². The topological polar surface area (TPSA) is 30.5 Å². The Hall–Kier alpha value is -2.72. The molecule has 0 fully saturated rings. The Balaban J connectivity index is 1.46. The fourth-order valence-electron chi connectivity index (χ4n) is 4.83. The maximum Gasteiger partial charge on any atom is 0.175 e. The van der Waals surface area contributed by atoms with Crippen molar-refractivity contribution >= 4 is 21.6 Å². The highest BCUT2D eigenvalue weighted by Crippen LogP contribution is 2.51. The average Bonchev–Trinajstić information content (AvgIpc) is 3.28. The summed E-state index contributed by atoms with van der Waals surface area (Å²) >= 11 is 3.74. The molecule has 3 nitrogen and oxygen atoms in total. The van der Waals surface area contributed by atoms with Crippen LogP contribution < -0.4 is 14.8 Å². The van der Waals surface area contributed by atoms with E-state index in [1.807, 2.05) is 18.2 Å². The van der Waals surface area contributed by atoms with E-state index in [0.717, 1.165) is 28.0 Å². The first-order valence-corrected chi connectivity index (χ1v) is 11.5. The molecule has 3 aromatic carbocycles. The van der Waals surface area contributed by atoms with E-state index in [4.69, 9.17) is 9.47 Å². The molecule has 4 heteroatoms. The Morgan fingerprint density at radius 3 is 2.71 bits per heavy atom. The molecule has 3 atom stereocenters. The van der Waals surface area contributed by atoms with Crippen molar-refractivity contribution in [2.75, 3.05) is 12.4 Å². The molecule has 0 spiro atoms. The van der Waals surface area contributed by atoms with Gasteiger partial charge in [0.1, 0.15) is 6.61 Å². The Kier molecular flexibility index (Phi) is 5.49. The molecule has 0 radical (unpaired) electrons. The van der Waals surface area contributed by atoms with Gasteiger partial charge in [0.15, 0.2) is 11.5 Å². The number of benzene rings is 3. The number of ether oxygens (including phenoxy) is 2. The van der Waals surface area contributed by atoms with E-state index in [1.54, 1.807) is 7.11 Å². The molecule has 5 rings (SSSR count). The third-order valence-electron chi connectivity index (χ3n) is 6.36. The van der Waals surface area contributed by atoms with Crippen molar-refractivity contribution in [1.82, 2.24) is 0 Å². The third-order valence-corrected chi connectivity index (χ3v) is 6.94. The van der Waals surface area contributed by atoms with Crippen LogP contribution in [-0.4, -0.2) is 7.11 Å². The number of nitrogens with one attached hydrogen (secondary N) is 1. The van der Waals surface area contributed by atoms with Crippen LogP contribution in [0.5, 0.6) is 11.5 Å². The average molecular weight is 476 g/mol. The standard InChI is InChI=1S/C27H26BrNO2/c1-17-11-12-24-22(13-17)20-9-6-10-21(20)26(29-24)19-14-23(28)27(25(15-19)30-2)31-16-18-7-4-3-5-8-18/h3-9,11-15,20-21,26,29H,10,16H2,1-2H3/t20-,21+,26+/m1/s1. The van der Waals surface area contributed by atoms with Crippen molar-refractivity contribution in [2.45, 2.75) is 31.9 Å². The van der Waals surface area contributed by atoms with E-state index in [0.29, 0.717) is 18.4 Å². The second kappa shape index (κ2) is 8.43. The van der Waals surface area contributed by atoms with E-state index < -0.39 is 0 Å². The first kappa shape index (κ1) is 20.2. The van der Waals surface area contributed by atoms with Crippen LogP contribution >= 0.6 is 15.9 Å². The van der Waals surface area contributed by atoms with Gasteiger partial charge in [0, 0.05) is 11.6 Å². The lowest BCUT2D eigenvalue weighted by Gasteiger charge is -2.38. The highest BCUT2D eigenvalue weighted by molar-refractivity contribution is 9.10. The minimum Gasteiger partial charge on any atom is -0.493 e. The number of allylic oxidation sites excluding steroid dienone is 2. The van der Waals surface area contributed by atoms with Gasteiger partial charge in [0.25, 0.3) is 0 Å². The molecule has 0 unspecified atom stereocenters. The predicted octanol–water partition coefficient (Wildman–Crippen LogP) is 7.17. The largest absolute Gasteiger partial charge is 0.493 e. The normalized spacial score (nSPS) is 21.2. The van der Waals surface area contributed by atoms with Crippen LogP contribution in [-0.2, 0) is 6.61 Å². The molecule has 1 aliphatic heterocycles. The van der Waals surface area contributed by atoms with Crippen molar-refractivity contribution in [3.63, 3.8) is 0 Å². The van der Waals surface area contributed by atoms with Gasteiger partial charge >= 0.3 is 0 Å². The van der Waals surface area contributed by atoms with Crippen molar-refractivity contribution in [3.05, 3.63) is 99.5 Å². The molecule has 2 aliphatic rings. The van der Waals surface area contributed by atoms with Crippen LogP contribution in [0.3, 0.4) is 0 Å². The lowest BCUT2D eigenvalue weighted by atomic mass is 9.76. The minimum absolute atomic E-state index is 0.212. The summed E-state index contributed by atoms with van der Waals surface area (Å²) in [4.78, 5) is 0. The lowest BCUT2D eigenvalue weighted by Crippen LogP contribution is -2.29. The smallest absolute Gasteiger partial charge is 0.175 e. The van der Waals surface area contributed by atoms with Crippen LogP contribution in [0, 0.1) is 12.8 Å². The van der Waals surface area contributed by atoms with Crippen LogP contribution in [0.2, 0.25) is 0 Å². The maximum absolute atomic E-state index is 6.14. The van der Waals surface area contributed by atoms with E-state index in [-0.39, 0.29) is 6.04 Å². The zero-order valence-corrected chi connectivity index (χ0v) is 19.4. The number of hydrogen-bond acceptors (Lipinski definition) is 3. The quantitative estimate of drug-likeness (QED) is 0.396. The molecule has 31 heavy (non-hydrogen) atoms. The summed E-state index contributed by atoms with van der Waals surface area (Å²) in [5.41, 5.74) is 6.27. The van der Waals surface area contributed by atoms with Gasteiger partial charge in [-0.1, -0.05) is 60.2 Å². The Morgan fingerprint density at radius 1 is 1.06 bits per heavy atom. The van der Waals surface area contributed by atoms with Crippen LogP contribution in [0.1, 0.15) is 40.6 Å². The number of anilines is 1. The molecular formula is C27H26BrNO2. The Labute approximate surface area is 192 Å². The molecule has 0 amide bonds. The highest BCUT2D eigenvalue weighted by atomic mass is 79.9. The van der Waals surface area contributed by atoms with Gasteiger partial charge < -0.3 is 14.8 Å². The summed E-state index contributed by atoms with van der Waals surface area (Å²) in [5.74, 6) is 2.42. The number of methoxy groups -OCH3 is 1. The zero-order chi connectivity index (χ0) is 21.4. The molecule has 3 aromatic rings. The number of aryl methyl sites for hydroxylation is 1. The monoisotopic (exact) mass is 475 g/mol. The van der Waals surface area contributed by atoms with Gasteiger partial charge in [-0.15, -0.1) is 0 Å². The second-order valence-electron chi connectivity index (χ2n) is 8.37. The van der Waals surface area contributed by atoms with Crippen molar-refractivity contribution in [3.8, 4) is 11.5 Å². The zero-order valence-electron chi connectivity index (χ0n) is 17.8. The summed E-state index contributed by atoms with van der Waals surface area (Å²) in [6, 6.07) is 21.4. The summed E-state index contributed by atoms with van der Waals surface area (Å²) < 4.78 is 12.8. The van der Waals surface area contributed by atoms with Gasteiger partial charge in [-0.25, -0.2) is 0 Å².